The number of anilines is 2. The van der Waals surface area contributed by atoms with Gasteiger partial charge in [0.15, 0.2) is 0 Å². The monoisotopic (exact) mass is 460 g/mol. The molecule has 2 amide bonds. The second-order valence-corrected chi connectivity index (χ2v) is 7.25. The molecule has 11 heteroatoms. The average Bonchev–Trinajstić information content (AvgIpc) is 3.43. The van der Waals surface area contributed by atoms with Crippen molar-refractivity contribution in [1.29, 1.82) is 0 Å². The summed E-state index contributed by atoms with van der Waals surface area (Å²) < 4.78 is 49.2. The highest BCUT2D eigenvalue weighted by Gasteiger charge is 2.38. The summed E-state index contributed by atoms with van der Waals surface area (Å²) in [6, 6.07) is 8.13. The van der Waals surface area contributed by atoms with Crippen LogP contribution in [0.1, 0.15) is 18.4 Å². The van der Waals surface area contributed by atoms with Gasteiger partial charge in [0.05, 0.1) is 30.2 Å². The smallest absolute Gasteiger partial charge is 0.416 e. The molecule has 0 saturated carbocycles. The maximum atomic E-state index is 13.0. The molecule has 172 valence electrons. The van der Waals surface area contributed by atoms with E-state index in [-0.39, 0.29) is 23.8 Å². The van der Waals surface area contributed by atoms with Crippen LogP contribution in [-0.2, 0) is 15.8 Å². The zero-order chi connectivity index (χ0) is 23.6. The maximum Gasteiger partial charge on any atom is 0.416 e. The lowest BCUT2D eigenvalue weighted by atomic mass is 10.2. The van der Waals surface area contributed by atoms with E-state index in [1.54, 1.807) is 12.1 Å². The number of methoxy groups -OCH3 is 1. The average molecular weight is 460 g/mol. The van der Waals surface area contributed by atoms with Crippen molar-refractivity contribution in [1.82, 2.24) is 10.2 Å². The Kier molecular flexibility index (Phi) is 5.95. The molecule has 1 aromatic heterocycles. The summed E-state index contributed by atoms with van der Waals surface area (Å²) in [5, 5.41) is 9.20. The predicted molar refractivity (Wildman–Crippen MR) is 112 cm³/mol. The number of ether oxygens (including phenoxy) is 2. The Bertz CT molecular complexity index is 1150. The second-order valence-electron chi connectivity index (χ2n) is 7.25. The van der Waals surface area contributed by atoms with E-state index in [1.807, 2.05) is 0 Å². The van der Waals surface area contributed by atoms with Crippen LogP contribution in [0.25, 0.3) is 0 Å². The molecule has 0 bridgehead atoms. The SMILES string of the molecule is COc1ccc(Oc2ccc(C(F)(F)F)cc2)cc1NC(=O)[C@H]1CCC(=O)N1c1cn[nH]c1. The first-order valence-corrected chi connectivity index (χ1v) is 9.91. The van der Waals surface area contributed by atoms with Crippen LogP contribution < -0.4 is 19.7 Å². The first-order chi connectivity index (χ1) is 15.8. The van der Waals surface area contributed by atoms with E-state index < -0.39 is 23.7 Å². The van der Waals surface area contributed by atoms with Crippen LogP contribution in [0, 0.1) is 0 Å². The van der Waals surface area contributed by atoms with Crippen molar-refractivity contribution >= 4 is 23.2 Å². The molecule has 2 aromatic carbocycles. The van der Waals surface area contributed by atoms with E-state index in [9.17, 15) is 22.8 Å². The molecule has 33 heavy (non-hydrogen) atoms. The minimum atomic E-state index is -4.44. The van der Waals surface area contributed by atoms with Crippen molar-refractivity contribution in [3.8, 4) is 17.2 Å². The zero-order valence-electron chi connectivity index (χ0n) is 17.3. The number of hydrogen-bond acceptors (Lipinski definition) is 5. The standard InChI is InChI=1S/C22H19F3N4O4/c1-32-19-8-6-16(33-15-4-2-13(3-5-15)22(23,24)25)10-17(19)28-21(31)18-7-9-20(30)29(18)14-11-26-27-12-14/h2-6,8,10-12,18H,7,9H2,1H3,(H,26,27)(H,28,31)/t18-/m1/s1. The van der Waals surface area contributed by atoms with Crippen LogP contribution in [0.2, 0.25) is 0 Å². The number of halogens is 3. The van der Waals surface area contributed by atoms with Gasteiger partial charge in [-0.25, -0.2) is 0 Å². The van der Waals surface area contributed by atoms with Crippen LogP contribution >= 0.6 is 0 Å². The van der Waals surface area contributed by atoms with Gasteiger partial charge < -0.3 is 14.8 Å². The number of aromatic nitrogens is 2. The molecule has 4 rings (SSSR count). The van der Waals surface area contributed by atoms with Crippen molar-refractivity contribution in [3.05, 3.63) is 60.4 Å². The van der Waals surface area contributed by atoms with Gasteiger partial charge in [-0.1, -0.05) is 0 Å². The van der Waals surface area contributed by atoms with Crippen molar-refractivity contribution in [2.24, 2.45) is 0 Å². The van der Waals surface area contributed by atoms with E-state index in [4.69, 9.17) is 9.47 Å². The minimum absolute atomic E-state index is 0.192. The van der Waals surface area contributed by atoms with Gasteiger partial charge >= 0.3 is 6.18 Å². The topological polar surface area (TPSA) is 96.5 Å². The summed E-state index contributed by atoms with van der Waals surface area (Å²) in [5.74, 6) is 0.204. The quantitative estimate of drug-likeness (QED) is 0.570. The molecular formula is C22H19F3N4O4. The van der Waals surface area contributed by atoms with Gasteiger partial charge in [-0.2, -0.15) is 18.3 Å². The summed E-state index contributed by atoms with van der Waals surface area (Å²) in [4.78, 5) is 26.7. The molecule has 0 unspecified atom stereocenters. The van der Waals surface area contributed by atoms with Crippen LogP contribution in [0.3, 0.4) is 0 Å². The van der Waals surface area contributed by atoms with E-state index >= 15 is 0 Å². The molecule has 3 aromatic rings. The van der Waals surface area contributed by atoms with Crippen LogP contribution in [0.15, 0.2) is 54.9 Å². The van der Waals surface area contributed by atoms with Crippen LogP contribution in [-0.4, -0.2) is 35.2 Å². The molecule has 2 heterocycles. The Balaban J connectivity index is 1.52. The van der Waals surface area contributed by atoms with Gasteiger partial charge in [-0.3, -0.25) is 19.6 Å². The highest BCUT2D eigenvalue weighted by Crippen LogP contribution is 2.35. The normalized spacial score (nSPS) is 16.1. The van der Waals surface area contributed by atoms with Crippen molar-refractivity contribution in [3.63, 3.8) is 0 Å². The number of hydrogen-bond donors (Lipinski definition) is 2. The highest BCUT2D eigenvalue weighted by atomic mass is 19.4. The number of aromatic amines is 1. The Hall–Kier alpha value is -4.02. The van der Waals surface area contributed by atoms with Gasteiger partial charge in [-0.15, -0.1) is 0 Å². The molecule has 1 atom stereocenters. The lowest BCUT2D eigenvalue weighted by Crippen LogP contribution is -2.41. The summed E-state index contributed by atoms with van der Waals surface area (Å²) >= 11 is 0. The first kappa shape index (κ1) is 22.2. The Morgan fingerprint density at radius 3 is 2.55 bits per heavy atom. The van der Waals surface area contributed by atoms with Gasteiger partial charge in [0, 0.05) is 18.7 Å². The number of amides is 2. The Morgan fingerprint density at radius 2 is 1.91 bits per heavy atom. The lowest BCUT2D eigenvalue weighted by molar-refractivity contribution is -0.137. The fourth-order valence-electron chi connectivity index (χ4n) is 3.54. The predicted octanol–water partition coefficient (Wildman–Crippen LogP) is 4.36. The fourth-order valence-corrected chi connectivity index (χ4v) is 3.54. The number of nitrogens with zero attached hydrogens (tertiary/aromatic N) is 2. The molecule has 1 saturated heterocycles. The molecule has 0 radical (unpaired) electrons. The van der Waals surface area contributed by atoms with Gasteiger partial charge in [0.1, 0.15) is 23.3 Å². The summed E-state index contributed by atoms with van der Waals surface area (Å²) in [6.07, 6.45) is -0.898. The summed E-state index contributed by atoms with van der Waals surface area (Å²) in [5.41, 5.74) is -0.00627. The lowest BCUT2D eigenvalue weighted by Gasteiger charge is -2.23. The minimum Gasteiger partial charge on any atom is -0.495 e. The molecule has 0 aliphatic carbocycles. The van der Waals surface area contributed by atoms with Gasteiger partial charge in [0.2, 0.25) is 11.8 Å². The number of carbonyl (C=O) groups excluding carboxylic acids is 2. The number of nitrogens with one attached hydrogen (secondary N) is 2. The zero-order valence-corrected chi connectivity index (χ0v) is 17.3. The van der Waals surface area contributed by atoms with E-state index in [0.717, 1.165) is 12.1 Å². The number of rotatable bonds is 6. The van der Waals surface area contributed by atoms with Crippen LogP contribution in [0.5, 0.6) is 17.2 Å². The van der Waals surface area contributed by atoms with Crippen molar-refractivity contribution < 1.29 is 32.2 Å². The fraction of sp³-hybridized carbons (Fsp3) is 0.227. The molecule has 1 aliphatic rings. The van der Waals surface area contributed by atoms with Crippen molar-refractivity contribution in [2.45, 2.75) is 25.1 Å². The third kappa shape index (κ3) is 4.76. The van der Waals surface area contributed by atoms with Crippen LogP contribution in [0.4, 0.5) is 24.5 Å². The summed E-state index contributed by atoms with van der Waals surface area (Å²) in [7, 11) is 1.43. The molecule has 1 fully saturated rings. The third-order valence-corrected chi connectivity index (χ3v) is 5.12. The number of benzene rings is 2. The molecular weight excluding hydrogens is 441 g/mol. The summed E-state index contributed by atoms with van der Waals surface area (Å²) in [6.45, 7) is 0. The van der Waals surface area contributed by atoms with Gasteiger partial charge in [-0.05, 0) is 42.8 Å². The Labute approximate surface area is 186 Å². The third-order valence-electron chi connectivity index (χ3n) is 5.12. The number of carbonyl (C=O) groups is 2. The largest absolute Gasteiger partial charge is 0.495 e. The highest BCUT2D eigenvalue weighted by molar-refractivity contribution is 6.07. The van der Waals surface area contributed by atoms with E-state index in [2.05, 4.69) is 15.5 Å². The number of H-pyrrole nitrogens is 1. The molecule has 0 spiro atoms. The Morgan fingerprint density at radius 1 is 1.18 bits per heavy atom. The molecule has 8 nitrogen and oxygen atoms in total. The van der Waals surface area contributed by atoms with Gasteiger partial charge in [0.25, 0.3) is 0 Å². The first-order valence-electron chi connectivity index (χ1n) is 9.91. The second kappa shape index (κ2) is 8.85. The number of alkyl halides is 3. The molecule has 2 N–H and O–H groups in total. The van der Waals surface area contributed by atoms with E-state index in [0.29, 0.717) is 23.5 Å². The molecule has 1 aliphatic heterocycles. The maximum absolute atomic E-state index is 13.0. The van der Waals surface area contributed by atoms with E-state index in [1.165, 1.54) is 42.6 Å². The van der Waals surface area contributed by atoms with Crippen molar-refractivity contribution in [2.75, 3.05) is 17.3 Å².